The van der Waals surface area contributed by atoms with Gasteiger partial charge in [-0.15, -0.1) is 0 Å². The second-order valence-corrected chi connectivity index (χ2v) is 10.4. The first-order chi connectivity index (χ1) is 13.9. The molecule has 0 radical (unpaired) electrons. The van der Waals surface area contributed by atoms with Gasteiger partial charge in [-0.3, -0.25) is 9.97 Å². The summed E-state index contributed by atoms with van der Waals surface area (Å²) >= 11 is 0. The Labute approximate surface area is 183 Å². The molecule has 2 aromatic carbocycles. The van der Waals surface area contributed by atoms with Crippen molar-refractivity contribution in [2.24, 2.45) is 10.8 Å². The standard InChI is InChI=1S/2C9H7N.2C5H12/c2*1-2-6-9-8(4-1)5-3-7-10-9;2*1-5(2,3)4/h2*1-7H;2*1-4H3. The van der Waals surface area contributed by atoms with Gasteiger partial charge in [-0.1, -0.05) is 104 Å². The molecule has 2 heterocycles. The van der Waals surface area contributed by atoms with Gasteiger partial charge in [0.25, 0.3) is 0 Å². The molecule has 2 heteroatoms. The van der Waals surface area contributed by atoms with E-state index in [1.807, 2.05) is 60.9 Å². The van der Waals surface area contributed by atoms with E-state index in [-0.39, 0.29) is 0 Å². The highest BCUT2D eigenvalue weighted by Crippen LogP contribution is 2.09. The minimum absolute atomic E-state index is 0.500. The number of aromatic nitrogens is 2. The number of hydrogen-bond donors (Lipinski definition) is 0. The maximum Gasteiger partial charge on any atom is 0.0701 e. The molecule has 4 rings (SSSR count). The number of nitrogens with zero attached hydrogens (tertiary/aromatic N) is 2. The van der Waals surface area contributed by atoms with Gasteiger partial charge in [0, 0.05) is 23.2 Å². The SMILES string of the molecule is CC(C)(C)C.CC(C)(C)C.c1ccc2ncccc2c1.c1ccc2ncccc2c1. The minimum Gasteiger partial charge on any atom is -0.256 e. The first kappa shape index (κ1) is 25.3. The summed E-state index contributed by atoms with van der Waals surface area (Å²) in [6, 6.07) is 24.2. The van der Waals surface area contributed by atoms with Crippen molar-refractivity contribution in [3.63, 3.8) is 0 Å². The monoisotopic (exact) mass is 402 g/mol. The van der Waals surface area contributed by atoms with E-state index < -0.39 is 0 Å². The third kappa shape index (κ3) is 13.4. The summed E-state index contributed by atoms with van der Waals surface area (Å²) in [5.74, 6) is 0. The molecule has 0 unspecified atom stereocenters. The number of rotatable bonds is 0. The van der Waals surface area contributed by atoms with Crippen LogP contribution < -0.4 is 0 Å². The lowest BCUT2D eigenvalue weighted by Crippen LogP contribution is -1.93. The fraction of sp³-hybridized carbons (Fsp3) is 0.357. The molecule has 0 atom stereocenters. The van der Waals surface area contributed by atoms with Crippen molar-refractivity contribution in [1.29, 1.82) is 0 Å². The molecule has 0 saturated carbocycles. The Morgan fingerprint density at radius 2 is 0.700 bits per heavy atom. The summed E-state index contributed by atoms with van der Waals surface area (Å²) < 4.78 is 0. The molecule has 160 valence electrons. The highest BCUT2D eigenvalue weighted by molar-refractivity contribution is 5.78. The van der Waals surface area contributed by atoms with Crippen LogP contribution in [0.3, 0.4) is 0 Å². The second-order valence-electron chi connectivity index (χ2n) is 10.4. The first-order valence-electron chi connectivity index (χ1n) is 10.5. The van der Waals surface area contributed by atoms with Gasteiger partial charge in [-0.25, -0.2) is 0 Å². The van der Waals surface area contributed by atoms with Crippen LogP contribution in [0.1, 0.15) is 55.4 Å². The largest absolute Gasteiger partial charge is 0.256 e. The normalized spacial score (nSPS) is 10.7. The zero-order chi connectivity index (χ0) is 22.6. The third-order valence-corrected chi connectivity index (χ3v) is 3.02. The second kappa shape index (κ2) is 12.1. The van der Waals surface area contributed by atoms with Crippen molar-refractivity contribution in [3.8, 4) is 0 Å². The number of pyridine rings is 2. The Morgan fingerprint density at radius 1 is 0.433 bits per heavy atom. The molecule has 2 nitrogen and oxygen atoms in total. The predicted octanol–water partition coefficient (Wildman–Crippen LogP) is 8.57. The summed E-state index contributed by atoms with van der Waals surface area (Å²) in [6.45, 7) is 17.5. The fourth-order valence-electron chi connectivity index (χ4n) is 2.03. The smallest absolute Gasteiger partial charge is 0.0701 e. The van der Waals surface area contributed by atoms with Crippen LogP contribution in [0.15, 0.2) is 85.2 Å². The third-order valence-electron chi connectivity index (χ3n) is 3.02. The Hall–Kier alpha value is -2.74. The molecular weight excluding hydrogens is 364 g/mol. The van der Waals surface area contributed by atoms with E-state index in [4.69, 9.17) is 0 Å². The lowest BCUT2D eigenvalue weighted by atomic mass is 10.0. The molecule has 2 aromatic heterocycles. The van der Waals surface area contributed by atoms with E-state index in [1.165, 1.54) is 10.8 Å². The van der Waals surface area contributed by atoms with E-state index in [0.717, 1.165) is 11.0 Å². The van der Waals surface area contributed by atoms with Gasteiger partial charge in [0.2, 0.25) is 0 Å². The average molecular weight is 403 g/mol. The quantitative estimate of drug-likeness (QED) is 0.294. The summed E-state index contributed by atoms with van der Waals surface area (Å²) in [5, 5.41) is 2.40. The molecule has 0 aliphatic heterocycles. The van der Waals surface area contributed by atoms with Crippen molar-refractivity contribution in [2.75, 3.05) is 0 Å². The predicted molar refractivity (Wildman–Crippen MR) is 134 cm³/mol. The number of fused-ring (bicyclic) bond motifs is 2. The average Bonchev–Trinajstić information content (AvgIpc) is 2.66. The molecule has 0 amide bonds. The lowest BCUT2D eigenvalue weighted by molar-refractivity contribution is 0.469. The highest BCUT2D eigenvalue weighted by Gasteiger charge is 1.96. The minimum atomic E-state index is 0.500. The van der Waals surface area contributed by atoms with Gasteiger partial charge in [-0.05, 0) is 35.1 Å². The van der Waals surface area contributed by atoms with Gasteiger partial charge < -0.3 is 0 Å². The Bertz CT molecular complexity index is 766. The van der Waals surface area contributed by atoms with Crippen molar-refractivity contribution < 1.29 is 0 Å². The molecule has 0 bridgehead atoms. The molecule has 0 aliphatic carbocycles. The van der Waals surface area contributed by atoms with Gasteiger partial charge in [0.15, 0.2) is 0 Å². The lowest BCUT2D eigenvalue weighted by Gasteiger charge is -2.05. The van der Waals surface area contributed by atoms with E-state index in [1.54, 1.807) is 0 Å². The highest BCUT2D eigenvalue weighted by atomic mass is 14.6. The summed E-state index contributed by atoms with van der Waals surface area (Å²) in [6.07, 6.45) is 3.62. The van der Waals surface area contributed by atoms with Gasteiger partial charge >= 0.3 is 0 Å². The van der Waals surface area contributed by atoms with Gasteiger partial charge in [0.05, 0.1) is 11.0 Å². The Kier molecular flexibility index (Phi) is 10.2. The number of benzene rings is 2. The molecule has 30 heavy (non-hydrogen) atoms. The first-order valence-corrected chi connectivity index (χ1v) is 10.5. The molecule has 0 N–H and O–H groups in total. The van der Waals surface area contributed by atoms with Crippen LogP contribution in [-0.4, -0.2) is 9.97 Å². The van der Waals surface area contributed by atoms with Crippen molar-refractivity contribution in [3.05, 3.63) is 85.2 Å². The zero-order valence-electron chi connectivity index (χ0n) is 20.0. The number of hydrogen-bond acceptors (Lipinski definition) is 2. The zero-order valence-corrected chi connectivity index (χ0v) is 20.0. The molecule has 4 aromatic rings. The van der Waals surface area contributed by atoms with E-state index in [2.05, 4.69) is 89.6 Å². The molecule has 0 aliphatic rings. The van der Waals surface area contributed by atoms with Gasteiger partial charge in [-0.2, -0.15) is 0 Å². The molecule has 0 fully saturated rings. The van der Waals surface area contributed by atoms with Crippen LogP contribution in [0.5, 0.6) is 0 Å². The van der Waals surface area contributed by atoms with Crippen LogP contribution in [0.2, 0.25) is 0 Å². The summed E-state index contributed by atoms with van der Waals surface area (Å²) in [4.78, 5) is 8.36. The van der Waals surface area contributed by atoms with Crippen LogP contribution in [-0.2, 0) is 0 Å². The van der Waals surface area contributed by atoms with Gasteiger partial charge in [0.1, 0.15) is 0 Å². The van der Waals surface area contributed by atoms with Crippen molar-refractivity contribution in [1.82, 2.24) is 9.97 Å². The maximum absolute atomic E-state index is 4.18. The summed E-state index contributed by atoms with van der Waals surface area (Å²) in [5.41, 5.74) is 3.12. The Balaban J connectivity index is 0.000000213. The van der Waals surface area contributed by atoms with E-state index in [0.29, 0.717) is 10.8 Å². The topological polar surface area (TPSA) is 25.8 Å². The van der Waals surface area contributed by atoms with Crippen LogP contribution in [0.25, 0.3) is 21.8 Å². The maximum atomic E-state index is 4.18. The fourth-order valence-corrected chi connectivity index (χ4v) is 2.03. The van der Waals surface area contributed by atoms with Crippen molar-refractivity contribution in [2.45, 2.75) is 55.4 Å². The molecular formula is C28H38N2. The number of para-hydroxylation sites is 2. The van der Waals surface area contributed by atoms with Crippen molar-refractivity contribution >= 4 is 21.8 Å². The van der Waals surface area contributed by atoms with E-state index in [9.17, 15) is 0 Å². The van der Waals surface area contributed by atoms with Crippen LogP contribution in [0, 0.1) is 10.8 Å². The van der Waals surface area contributed by atoms with Crippen LogP contribution >= 0.6 is 0 Å². The van der Waals surface area contributed by atoms with Crippen LogP contribution in [0.4, 0.5) is 0 Å². The summed E-state index contributed by atoms with van der Waals surface area (Å²) in [7, 11) is 0. The molecule has 0 saturated heterocycles. The molecule has 0 spiro atoms. The Morgan fingerprint density at radius 3 is 1.00 bits per heavy atom. The van der Waals surface area contributed by atoms with E-state index >= 15 is 0 Å².